The summed E-state index contributed by atoms with van der Waals surface area (Å²) in [6.07, 6.45) is 0.626. The maximum Gasteiger partial charge on any atom is 0.236 e. The van der Waals surface area contributed by atoms with Crippen molar-refractivity contribution in [2.24, 2.45) is 0 Å². The molecule has 3 rings (SSSR count). The van der Waals surface area contributed by atoms with Gasteiger partial charge in [-0.2, -0.15) is 0 Å². The van der Waals surface area contributed by atoms with Crippen LogP contribution in [0.15, 0.2) is 42.5 Å². The van der Waals surface area contributed by atoms with E-state index in [1.165, 1.54) is 0 Å². The summed E-state index contributed by atoms with van der Waals surface area (Å²) in [7, 11) is 0. The third-order valence-corrected chi connectivity index (χ3v) is 4.65. The number of aryl methyl sites for hydroxylation is 1. The first-order valence-corrected chi connectivity index (χ1v) is 8.29. The van der Waals surface area contributed by atoms with Crippen LogP contribution in [0.1, 0.15) is 24.5 Å². The lowest BCUT2D eigenvalue weighted by Gasteiger charge is -2.22. The molecular weight excluding hydrogens is 324 g/mol. The van der Waals surface area contributed by atoms with Crippen molar-refractivity contribution >= 4 is 34.8 Å². The molecule has 24 heavy (non-hydrogen) atoms. The molecule has 1 unspecified atom stereocenters. The Hall–Kier alpha value is -2.33. The third-order valence-electron chi connectivity index (χ3n) is 4.24. The topological polar surface area (TPSA) is 49.4 Å². The Morgan fingerprint density at radius 1 is 1.25 bits per heavy atom. The van der Waals surface area contributed by atoms with Crippen LogP contribution in [0.3, 0.4) is 0 Å². The van der Waals surface area contributed by atoms with Gasteiger partial charge in [0.25, 0.3) is 0 Å². The summed E-state index contributed by atoms with van der Waals surface area (Å²) in [5, 5.41) is 3.32. The molecule has 2 amide bonds. The number of hydrogen-bond acceptors (Lipinski definition) is 2. The van der Waals surface area contributed by atoms with Gasteiger partial charge in [-0.3, -0.25) is 9.59 Å². The second kappa shape index (κ2) is 6.65. The molecule has 0 saturated heterocycles. The number of halogens is 1. The Labute approximate surface area is 146 Å². The fourth-order valence-electron chi connectivity index (χ4n) is 3.04. The first kappa shape index (κ1) is 16.5. The highest BCUT2D eigenvalue weighted by atomic mass is 35.5. The summed E-state index contributed by atoms with van der Waals surface area (Å²) in [5.41, 5.74) is 3.58. The van der Waals surface area contributed by atoms with Crippen LogP contribution < -0.4 is 10.2 Å². The number of benzene rings is 2. The molecule has 1 N–H and O–H groups in total. The first-order valence-electron chi connectivity index (χ1n) is 7.91. The number of anilines is 2. The second-order valence-corrected chi connectivity index (χ2v) is 6.54. The highest BCUT2D eigenvalue weighted by Crippen LogP contribution is 2.32. The first-order chi connectivity index (χ1) is 11.5. The molecule has 5 heteroatoms. The van der Waals surface area contributed by atoms with E-state index in [-0.39, 0.29) is 24.3 Å². The Morgan fingerprint density at radius 2 is 2.00 bits per heavy atom. The van der Waals surface area contributed by atoms with E-state index in [0.717, 1.165) is 23.2 Å². The Balaban J connectivity index is 1.68. The molecule has 0 saturated carbocycles. The van der Waals surface area contributed by atoms with E-state index in [1.807, 2.05) is 44.2 Å². The highest BCUT2D eigenvalue weighted by molar-refractivity contribution is 6.31. The molecule has 2 aromatic carbocycles. The number of rotatable bonds is 3. The normalized spacial score (nSPS) is 16.0. The largest absolute Gasteiger partial charge is 0.326 e. The van der Waals surface area contributed by atoms with Crippen LogP contribution in [-0.2, 0) is 16.0 Å². The maximum atomic E-state index is 12.6. The quantitative estimate of drug-likeness (QED) is 0.858. The van der Waals surface area contributed by atoms with Crippen molar-refractivity contribution in [3.05, 3.63) is 58.6 Å². The molecule has 0 radical (unpaired) electrons. The summed E-state index contributed by atoms with van der Waals surface area (Å²) in [6.45, 7) is 3.89. The molecule has 4 nitrogen and oxygen atoms in total. The van der Waals surface area contributed by atoms with Crippen LogP contribution in [0.4, 0.5) is 11.4 Å². The van der Waals surface area contributed by atoms with Crippen LogP contribution in [-0.4, -0.2) is 17.9 Å². The van der Waals surface area contributed by atoms with Crippen molar-refractivity contribution < 1.29 is 9.59 Å². The number of fused-ring (bicyclic) bond motifs is 1. The van der Waals surface area contributed by atoms with E-state index in [1.54, 1.807) is 17.0 Å². The van der Waals surface area contributed by atoms with Gasteiger partial charge in [-0.25, -0.2) is 0 Å². The zero-order chi connectivity index (χ0) is 17.3. The number of hydrogen-bond donors (Lipinski definition) is 1. The van der Waals surface area contributed by atoms with E-state index >= 15 is 0 Å². The van der Waals surface area contributed by atoms with Gasteiger partial charge in [0.05, 0.1) is 0 Å². The molecule has 2 aromatic rings. The smallest absolute Gasteiger partial charge is 0.236 e. The van der Waals surface area contributed by atoms with Gasteiger partial charge >= 0.3 is 0 Å². The summed E-state index contributed by atoms with van der Waals surface area (Å²) in [6, 6.07) is 13.2. The number of nitrogens with zero attached hydrogens (tertiary/aromatic N) is 1. The minimum absolute atomic E-state index is 0.0662. The lowest BCUT2D eigenvalue weighted by molar-refractivity contribution is -0.125. The molecule has 0 aromatic heterocycles. The lowest BCUT2D eigenvalue weighted by atomic mass is 10.1. The second-order valence-electron chi connectivity index (χ2n) is 6.13. The molecule has 0 aliphatic carbocycles. The van der Waals surface area contributed by atoms with Crippen molar-refractivity contribution in [2.45, 2.75) is 32.7 Å². The van der Waals surface area contributed by atoms with Crippen molar-refractivity contribution in [3.8, 4) is 0 Å². The average molecular weight is 343 g/mol. The standard InChI is InChI=1S/C19H19ClN2O2/c1-12-7-8-15(10-16(12)20)21-18(23)11-19(24)22-13(2)9-14-5-3-4-6-17(14)22/h3-8,10,13H,9,11H2,1-2H3,(H,21,23). The monoisotopic (exact) mass is 342 g/mol. The lowest BCUT2D eigenvalue weighted by Crippen LogP contribution is -2.37. The molecule has 1 aliphatic rings. The summed E-state index contributed by atoms with van der Waals surface area (Å²) < 4.78 is 0. The maximum absolute atomic E-state index is 12.6. The van der Waals surface area contributed by atoms with Crippen LogP contribution in [0.25, 0.3) is 0 Å². The van der Waals surface area contributed by atoms with Crippen molar-refractivity contribution in [1.82, 2.24) is 0 Å². The summed E-state index contributed by atoms with van der Waals surface area (Å²) in [4.78, 5) is 26.5. The van der Waals surface area contributed by atoms with Crippen molar-refractivity contribution in [2.75, 3.05) is 10.2 Å². The van der Waals surface area contributed by atoms with Gasteiger partial charge in [0.1, 0.15) is 6.42 Å². The number of carbonyl (C=O) groups excluding carboxylic acids is 2. The van der Waals surface area contributed by atoms with E-state index in [0.29, 0.717) is 10.7 Å². The van der Waals surface area contributed by atoms with Gasteiger partial charge < -0.3 is 10.2 Å². The van der Waals surface area contributed by atoms with Gasteiger partial charge in [-0.05, 0) is 49.6 Å². The fourth-order valence-corrected chi connectivity index (χ4v) is 3.22. The molecule has 1 atom stereocenters. The predicted octanol–water partition coefficient (Wildman–Crippen LogP) is 3.95. The van der Waals surface area contributed by atoms with Crippen LogP contribution in [0, 0.1) is 6.92 Å². The summed E-state index contributed by atoms with van der Waals surface area (Å²) in [5.74, 6) is -0.528. The number of para-hydroxylation sites is 1. The van der Waals surface area contributed by atoms with Crippen molar-refractivity contribution in [1.29, 1.82) is 0 Å². The highest BCUT2D eigenvalue weighted by Gasteiger charge is 2.31. The SMILES string of the molecule is Cc1ccc(NC(=O)CC(=O)N2c3ccccc3CC2C)cc1Cl. The van der Waals surface area contributed by atoms with Gasteiger partial charge in [0, 0.05) is 22.4 Å². The van der Waals surface area contributed by atoms with E-state index in [2.05, 4.69) is 5.32 Å². The van der Waals surface area contributed by atoms with Crippen molar-refractivity contribution in [3.63, 3.8) is 0 Å². The van der Waals surface area contributed by atoms with E-state index < -0.39 is 0 Å². The number of amides is 2. The predicted molar refractivity (Wildman–Crippen MR) is 96.5 cm³/mol. The van der Waals surface area contributed by atoms with Crippen LogP contribution in [0.2, 0.25) is 5.02 Å². The molecule has 124 valence electrons. The summed E-state index contributed by atoms with van der Waals surface area (Å²) >= 11 is 6.06. The Kier molecular flexibility index (Phi) is 4.58. The fraction of sp³-hybridized carbons (Fsp3) is 0.263. The number of carbonyl (C=O) groups is 2. The Bertz CT molecular complexity index is 804. The van der Waals surface area contributed by atoms with Gasteiger partial charge in [-0.15, -0.1) is 0 Å². The minimum atomic E-state index is -0.337. The van der Waals surface area contributed by atoms with E-state index in [4.69, 9.17) is 11.6 Å². The zero-order valence-corrected chi connectivity index (χ0v) is 14.4. The van der Waals surface area contributed by atoms with E-state index in [9.17, 15) is 9.59 Å². The zero-order valence-electron chi connectivity index (χ0n) is 13.7. The Morgan fingerprint density at radius 3 is 2.75 bits per heavy atom. The molecule has 1 heterocycles. The third kappa shape index (κ3) is 3.29. The molecular formula is C19H19ClN2O2. The van der Waals surface area contributed by atoms with Crippen LogP contribution in [0.5, 0.6) is 0 Å². The van der Waals surface area contributed by atoms with Gasteiger partial charge in [0.2, 0.25) is 11.8 Å². The average Bonchev–Trinajstić information content (AvgIpc) is 2.86. The number of nitrogens with one attached hydrogen (secondary N) is 1. The molecule has 1 aliphatic heterocycles. The van der Waals surface area contributed by atoms with Gasteiger partial charge in [-0.1, -0.05) is 35.9 Å². The van der Waals surface area contributed by atoms with Gasteiger partial charge in [0.15, 0.2) is 0 Å². The molecule has 0 bridgehead atoms. The molecule has 0 spiro atoms. The van der Waals surface area contributed by atoms with Crippen LogP contribution >= 0.6 is 11.6 Å². The minimum Gasteiger partial charge on any atom is -0.326 e. The molecule has 0 fully saturated rings.